The van der Waals surface area contributed by atoms with Gasteiger partial charge in [-0.05, 0) is 18.8 Å². The Morgan fingerprint density at radius 1 is 1.27 bits per heavy atom. The van der Waals surface area contributed by atoms with E-state index in [9.17, 15) is 0 Å². The maximum absolute atomic E-state index is 3.71. The first-order valence-electron chi connectivity index (χ1n) is 4.32. The number of hydrogen-bond acceptors (Lipinski definition) is 0. The van der Waals surface area contributed by atoms with Crippen molar-refractivity contribution in [2.24, 2.45) is 5.92 Å². The summed E-state index contributed by atoms with van der Waals surface area (Å²) in [5.41, 5.74) is 0. The summed E-state index contributed by atoms with van der Waals surface area (Å²) >= 11 is 3.46. The zero-order chi connectivity index (χ0) is 8.10. The summed E-state index contributed by atoms with van der Waals surface area (Å²) in [7, 11) is 0. The van der Waals surface area contributed by atoms with Crippen LogP contribution in [0, 0.1) is 5.92 Å². The quantitative estimate of drug-likeness (QED) is 0.610. The van der Waals surface area contributed by atoms with Gasteiger partial charge in [-0.1, -0.05) is 53.9 Å². The molecule has 11 heavy (non-hydrogen) atoms. The fourth-order valence-electron chi connectivity index (χ4n) is 1.59. The number of halogens is 1. The van der Waals surface area contributed by atoms with Gasteiger partial charge < -0.3 is 0 Å². The number of rotatable bonds is 2. The van der Waals surface area contributed by atoms with Crippen molar-refractivity contribution in [2.45, 2.75) is 32.1 Å². The second-order valence-electron chi connectivity index (χ2n) is 3.15. The summed E-state index contributed by atoms with van der Waals surface area (Å²) in [6, 6.07) is 0. The molecule has 0 radical (unpaired) electrons. The van der Waals surface area contributed by atoms with Crippen molar-refractivity contribution in [3.05, 3.63) is 23.2 Å². The summed E-state index contributed by atoms with van der Waals surface area (Å²) in [6.45, 7) is 3.71. The normalized spacial score (nSPS) is 21.7. The highest BCUT2D eigenvalue weighted by molar-refractivity contribution is 9.11. The van der Waals surface area contributed by atoms with Gasteiger partial charge in [0.1, 0.15) is 0 Å². The van der Waals surface area contributed by atoms with Crippen LogP contribution in [0.3, 0.4) is 0 Å². The fraction of sp³-hybridized carbons (Fsp3) is 0.600. The largest absolute Gasteiger partial charge is 0.0980 e. The minimum Gasteiger partial charge on any atom is -0.0980 e. The number of hydrogen-bond donors (Lipinski definition) is 0. The topological polar surface area (TPSA) is 0 Å². The Labute approximate surface area is 77.5 Å². The molecule has 1 heteroatoms. The van der Waals surface area contributed by atoms with Crippen LogP contribution in [-0.4, -0.2) is 0 Å². The summed E-state index contributed by atoms with van der Waals surface area (Å²) in [4.78, 5) is 0. The molecule has 1 aliphatic carbocycles. The maximum Gasteiger partial charge on any atom is 0.0132 e. The van der Waals surface area contributed by atoms with Crippen molar-refractivity contribution in [2.75, 3.05) is 0 Å². The first-order chi connectivity index (χ1) is 5.33. The molecule has 0 unspecified atom stereocenters. The molecule has 0 heterocycles. The minimum absolute atomic E-state index is 0.802. The molecule has 0 N–H and O–H groups in total. The van der Waals surface area contributed by atoms with E-state index in [2.05, 4.69) is 28.6 Å². The van der Waals surface area contributed by atoms with Crippen molar-refractivity contribution >= 4 is 15.9 Å². The van der Waals surface area contributed by atoms with Gasteiger partial charge in [0.25, 0.3) is 0 Å². The third kappa shape index (κ3) is 3.24. The summed E-state index contributed by atoms with van der Waals surface area (Å²) < 4.78 is 1.16. The standard InChI is InChI=1S/C10H15Br/c1-2-10(11)8-9-6-4-3-5-7-9/h2,8-9H,1,3-7H2/b10-8-. The Balaban J connectivity index is 2.40. The highest BCUT2D eigenvalue weighted by atomic mass is 79.9. The van der Waals surface area contributed by atoms with Crippen LogP contribution in [0.15, 0.2) is 23.2 Å². The van der Waals surface area contributed by atoms with E-state index in [1.807, 2.05) is 6.08 Å². The van der Waals surface area contributed by atoms with Gasteiger partial charge >= 0.3 is 0 Å². The first kappa shape index (κ1) is 9.05. The zero-order valence-corrected chi connectivity index (χ0v) is 8.44. The predicted molar refractivity (Wildman–Crippen MR) is 53.8 cm³/mol. The highest BCUT2D eigenvalue weighted by Crippen LogP contribution is 2.26. The average Bonchev–Trinajstić information content (AvgIpc) is 2.06. The van der Waals surface area contributed by atoms with Gasteiger partial charge in [-0.3, -0.25) is 0 Å². The van der Waals surface area contributed by atoms with E-state index in [4.69, 9.17) is 0 Å². The van der Waals surface area contributed by atoms with Crippen LogP contribution in [0.25, 0.3) is 0 Å². The van der Waals surface area contributed by atoms with Crippen LogP contribution in [0.1, 0.15) is 32.1 Å². The summed E-state index contributed by atoms with van der Waals surface area (Å²) in [5, 5.41) is 0. The molecule has 0 nitrogen and oxygen atoms in total. The third-order valence-electron chi connectivity index (χ3n) is 2.24. The van der Waals surface area contributed by atoms with Gasteiger partial charge in [-0.15, -0.1) is 0 Å². The zero-order valence-electron chi connectivity index (χ0n) is 6.85. The molecule has 62 valence electrons. The van der Waals surface area contributed by atoms with Crippen LogP contribution in [0.2, 0.25) is 0 Å². The molecule has 1 saturated carbocycles. The van der Waals surface area contributed by atoms with Crippen LogP contribution in [0.5, 0.6) is 0 Å². The van der Waals surface area contributed by atoms with E-state index in [0.29, 0.717) is 0 Å². The van der Waals surface area contributed by atoms with Crippen molar-refractivity contribution < 1.29 is 0 Å². The molecule has 0 aliphatic heterocycles. The van der Waals surface area contributed by atoms with Crippen molar-refractivity contribution in [1.29, 1.82) is 0 Å². The van der Waals surface area contributed by atoms with E-state index in [1.54, 1.807) is 0 Å². The molecule has 1 aliphatic rings. The molecular formula is C10H15Br. The molecule has 0 bridgehead atoms. The first-order valence-corrected chi connectivity index (χ1v) is 5.12. The molecular weight excluding hydrogens is 200 g/mol. The highest BCUT2D eigenvalue weighted by Gasteiger charge is 2.10. The molecule has 0 amide bonds. The average molecular weight is 215 g/mol. The Bertz CT molecular complexity index is 152. The molecule has 1 rings (SSSR count). The second kappa shape index (κ2) is 4.76. The molecule has 0 atom stereocenters. The molecule has 0 spiro atoms. The van der Waals surface area contributed by atoms with E-state index >= 15 is 0 Å². The lowest BCUT2D eigenvalue weighted by molar-refractivity contribution is 0.419. The minimum atomic E-state index is 0.802. The van der Waals surface area contributed by atoms with E-state index in [0.717, 1.165) is 10.4 Å². The van der Waals surface area contributed by atoms with E-state index in [1.165, 1.54) is 32.1 Å². The molecule has 0 aromatic rings. The SMILES string of the molecule is C=C/C(Br)=C/C1CCCCC1. The molecule has 0 saturated heterocycles. The van der Waals surface area contributed by atoms with Crippen LogP contribution < -0.4 is 0 Å². The lowest BCUT2D eigenvalue weighted by Gasteiger charge is -2.17. The predicted octanol–water partition coefficient (Wildman–Crippen LogP) is 4.03. The van der Waals surface area contributed by atoms with Crippen LogP contribution in [0.4, 0.5) is 0 Å². The maximum atomic E-state index is 3.71. The lowest BCUT2D eigenvalue weighted by Crippen LogP contribution is -2.02. The monoisotopic (exact) mass is 214 g/mol. The van der Waals surface area contributed by atoms with Gasteiger partial charge in [0.2, 0.25) is 0 Å². The Hall–Kier alpha value is -0.0400. The fourth-order valence-corrected chi connectivity index (χ4v) is 1.97. The molecule has 0 aromatic heterocycles. The van der Waals surface area contributed by atoms with Crippen molar-refractivity contribution in [1.82, 2.24) is 0 Å². The Kier molecular flexibility index (Phi) is 3.92. The lowest BCUT2D eigenvalue weighted by atomic mass is 9.89. The van der Waals surface area contributed by atoms with Crippen molar-refractivity contribution in [3.8, 4) is 0 Å². The van der Waals surface area contributed by atoms with Gasteiger partial charge in [0, 0.05) is 4.48 Å². The number of allylic oxidation sites excluding steroid dienone is 3. The van der Waals surface area contributed by atoms with Gasteiger partial charge in [0.15, 0.2) is 0 Å². The Morgan fingerprint density at radius 3 is 2.45 bits per heavy atom. The second-order valence-corrected chi connectivity index (χ2v) is 4.07. The van der Waals surface area contributed by atoms with Gasteiger partial charge in [0.05, 0.1) is 0 Å². The Morgan fingerprint density at radius 2 is 1.91 bits per heavy atom. The smallest absolute Gasteiger partial charge is 0.0132 e. The van der Waals surface area contributed by atoms with Gasteiger partial charge in [-0.25, -0.2) is 0 Å². The molecule has 0 aromatic carbocycles. The summed E-state index contributed by atoms with van der Waals surface area (Å²) in [6.07, 6.45) is 11.1. The van der Waals surface area contributed by atoms with Gasteiger partial charge in [-0.2, -0.15) is 0 Å². The van der Waals surface area contributed by atoms with Crippen molar-refractivity contribution in [3.63, 3.8) is 0 Å². The van der Waals surface area contributed by atoms with E-state index in [-0.39, 0.29) is 0 Å². The molecule has 1 fully saturated rings. The van der Waals surface area contributed by atoms with Crippen LogP contribution >= 0.6 is 15.9 Å². The van der Waals surface area contributed by atoms with E-state index < -0.39 is 0 Å². The van der Waals surface area contributed by atoms with Crippen LogP contribution in [-0.2, 0) is 0 Å². The summed E-state index contributed by atoms with van der Waals surface area (Å²) in [5.74, 6) is 0.802. The third-order valence-corrected chi connectivity index (χ3v) is 2.83.